The molecule has 1 aliphatic heterocycles. The number of hydrogen-bond donors (Lipinski definition) is 2. The number of nitrogens with zero attached hydrogens (tertiary/aromatic N) is 1. The van der Waals surface area contributed by atoms with Crippen LogP contribution in [0.4, 0.5) is 4.39 Å². The van der Waals surface area contributed by atoms with Gasteiger partial charge in [-0.05, 0) is 69.5 Å². The van der Waals surface area contributed by atoms with Gasteiger partial charge in [0.05, 0.1) is 5.56 Å². The van der Waals surface area contributed by atoms with Crippen molar-refractivity contribution in [3.63, 3.8) is 0 Å². The molecule has 2 aromatic carbocycles. The Morgan fingerprint density at radius 3 is 2.18 bits per heavy atom. The molecule has 0 spiro atoms. The summed E-state index contributed by atoms with van der Waals surface area (Å²) in [6, 6.07) is 12.6. The van der Waals surface area contributed by atoms with Gasteiger partial charge in [-0.1, -0.05) is 12.1 Å². The average Bonchev–Trinajstić information content (AvgIpc) is 2.80. The number of rotatable bonds is 8. The van der Waals surface area contributed by atoms with E-state index in [-0.39, 0.29) is 49.2 Å². The molecule has 3 amide bonds. The van der Waals surface area contributed by atoms with Crippen molar-refractivity contribution in [3.8, 4) is 5.75 Å². The topological polar surface area (TPSA) is 87.7 Å². The van der Waals surface area contributed by atoms with Gasteiger partial charge in [0.15, 0.2) is 6.61 Å². The van der Waals surface area contributed by atoms with Gasteiger partial charge in [0.1, 0.15) is 11.6 Å². The molecule has 176 valence electrons. The van der Waals surface area contributed by atoms with Crippen LogP contribution in [0.5, 0.6) is 5.75 Å². The van der Waals surface area contributed by atoms with E-state index in [2.05, 4.69) is 24.5 Å². The van der Waals surface area contributed by atoms with Crippen molar-refractivity contribution in [1.82, 2.24) is 15.5 Å². The summed E-state index contributed by atoms with van der Waals surface area (Å²) in [5.41, 5.74) is 0.384. The second kappa shape index (κ2) is 11.4. The van der Waals surface area contributed by atoms with Gasteiger partial charge in [-0.3, -0.25) is 14.4 Å². The maximum Gasteiger partial charge on any atom is 0.260 e. The van der Waals surface area contributed by atoms with Crippen LogP contribution in [-0.4, -0.2) is 54.4 Å². The minimum Gasteiger partial charge on any atom is -0.484 e. The van der Waals surface area contributed by atoms with E-state index in [1.807, 2.05) is 4.90 Å². The highest BCUT2D eigenvalue weighted by Gasteiger charge is 2.29. The van der Waals surface area contributed by atoms with Gasteiger partial charge < -0.3 is 20.3 Å². The lowest BCUT2D eigenvalue weighted by Gasteiger charge is -2.38. The summed E-state index contributed by atoms with van der Waals surface area (Å²) in [5, 5.41) is 5.26. The quantitative estimate of drug-likeness (QED) is 0.599. The highest BCUT2D eigenvalue weighted by molar-refractivity contribution is 5.95. The van der Waals surface area contributed by atoms with E-state index in [4.69, 9.17) is 4.74 Å². The fourth-order valence-corrected chi connectivity index (χ4v) is 4.03. The summed E-state index contributed by atoms with van der Waals surface area (Å²) in [7, 11) is 0. The van der Waals surface area contributed by atoms with E-state index in [9.17, 15) is 18.8 Å². The predicted molar refractivity (Wildman–Crippen MR) is 123 cm³/mol. The molecule has 1 aliphatic rings. The van der Waals surface area contributed by atoms with Gasteiger partial charge in [0, 0.05) is 30.7 Å². The summed E-state index contributed by atoms with van der Waals surface area (Å²) in [6.07, 6.45) is 3.15. The van der Waals surface area contributed by atoms with E-state index in [1.54, 1.807) is 30.3 Å². The fraction of sp³-hybridized carbons (Fsp3) is 0.400. The number of hydrogen-bond acceptors (Lipinski definition) is 4. The molecule has 2 unspecified atom stereocenters. The largest absolute Gasteiger partial charge is 0.484 e. The fourth-order valence-electron chi connectivity index (χ4n) is 4.03. The molecule has 1 saturated heterocycles. The van der Waals surface area contributed by atoms with Crippen molar-refractivity contribution in [2.24, 2.45) is 0 Å². The summed E-state index contributed by atoms with van der Waals surface area (Å²) in [6.45, 7) is 4.44. The number of ether oxygens (including phenoxy) is 1. The Hall–Kier alpha value is -3.42. The van der Waals surface area contributed by atoms with Crippen LogP contribution in [-0.2, 0) is 4.79 Å². The molecule has 8 heteroatoms. The Balaban J connectivity index is 1.41. The van der Waals surface area contributed by atoms with Crippen molar-refractivity contribution >= 4 is 17.7 Å². The third kappa shape index (κ3) is 6.54. The van der Waals surface area contributed by atoms with Crippen LogP contribution in [0.2, 0.25) is 0 Å². The van der Waals surface area contributed by atoms with Crippen LogP contribution < -0.4 is 15.4 Å². The first-order chi connectivity index (χ1) is 15.9. The van der Waals surface area contributed by atoms with Gasteiger partial charge in [0.25, 0.3) is 17.7 Å². The maximum absolute atomic E-state index is 13.6. The van der Waals surface area contributed by atoms with Gasteiger partial charge in [-0.25, -0.2) is 4.39 Å². The molecule has 3 rings (SSSR count). The van der Waals surface area contributed by atoms with E-state index < -0.39 is 11.7 Å². The summed E-state index contributed by atoms with van der Waals surface area (Å²) < 4.78 is 19.2. The first-order valence-corrected chi connectivity index (χ1v) is 11.2. The minimum absolute atomic E-state index is 0.0334. The van der Waals surface area contributed by atoms with Crippen molar-refractivity contribution in [1.29, 1.82) is 0 Å². The second-order valence-electron chi connectivity index (χ2n) is 8.23. The number of piperidine rings is 1. The molecule has 7 nitrogen and oxygen atoms in total. The zero-order valence-corrected chi connectivity index (χ0v) is 19.0. The van der Waals surface area contributed by atoms with E-state index in [0.29, 0.717) is 11.3 Å². The highest BCUT2D eigenvalue weighted by Crippen LogP contribution is 2.23. The summed E-state index contributed by atoms with van der Waals surface area (Å²) in [5.74, 6) is -0.966. The normalized spacial score (nSPS) is 17.8. The summed E-state index contributed by atoms with van der Waals surface area (Å²) in [4.78, 5) is 38.7. The van der Waals surface area contributed by atoms with Gasteiger partial charge in [-0.15, -0.1) is 0 Å². The van der Waals surface area contributed by atoms with Crippen LogP contribution in [0.1, 0.15) is 53.8 Å². The van der Waals surface area contributed by atoms with Gasteiger partial charge in [0.2, 0.25) is 0 Å². The van der Waals surface area contributed by atoms with Crippen molar-refractivity contribution in [2.75, 3.05) is 19.7 Å². The van der Waals surface area contributed by atoms with Crippen molar-refractivity contribution < 1.29 is 23.5 Å². The Bertz CT molecular complexity index is 970. The Labute approximate surface area is 193 Å². The SMILES string of the molecule is CC1CCCC(C)N1C(=O)COc1ccc(C(=O)NCCNC(=O)c2ccccc2F)cc1. The number of carbonyl (C=O) groups excluding carboxylic acids is 3. The molecule has 0 aromatic heterocycles. The molecule has 0 bridgehead atoms. The number of carbonyl (C=O) groups is 3. The third-order valence-electron chi connectivity index (χ3n) is 5.77. The lowest BCUT2D eigenvalue weighted by Crippen LogP contribution is -2.49. The molecule has 2 N–H and O–H groups in total. The van der Waals surface area contributed by atoms with Crippen molar-refractivity contribution in [2.45, 2.75) is 45.2 Å². The number of amides is 3. The average molecular weight is 456 g/mol. The molecule has 2 aromatic rings. The molecule has 0 aliphatic carbocycles. The van der Waals surface area contributed by atoms with Gasteiger partial charge in [-0.2, -0.15) is 0 Å². The lowest BCUT2D eigenvalue weighted by atomic mass is 9.97. The van der Waals surface area contributed by atoms with Crippen LogP contribution >= 0.6 is 0 Å². The zero-order valence-electron chi connectivity index (χ0n) is 19.0. The molecule has 0 saturated carbocycles. The van der Waals surface area contributed by atoms with Crippen LogP contribution in [0.15, 0.2) is 48.5 Å². The molecule has 1 heterocycles. The number of halogens is 1. The molecule has 33 heavy (non-hydrogen) atoms. The van der Waals surface area contributed by atoms with E-state index in [1.165, 1.54) is 18.2 Å². The highest BCUT2D eigenvalue weighted by atomic mass is 19.1. The first kappa shape index (κ1) is 24.2. The molecule has 0 radical (unpaired) electrons. The second-order valence-corrected chi connectivity index (χ2v) is 8.23. The first-order valence-electron chi connectivity index (χ1n) is 11.2. The predicted octanol–water partition coefficient (Wildman–Crippen LogP) is 3.15. The number of nitrogens with one attached hydrogen (secondary N) is 2. The van der Waals surface area contributed by atoms with Crippen LogP contribution in [0.3, 0.4) is 0 Å². The number of likely N-dealkylation sites (tertiary alicyclic amines) is 1. The van der Waals surface area contributed by atoms with E-state index in [0.717, 1.165) is 19.3 Å². The van der Waals surface area contributed by atoms with E-state index >= 15 is 0 Å². The Morgan fingerprint density at radius 2 is 1.55 bits per heavy atom. The Kier molecular flexibility index (Phi) is 8.40. The molecular formula is C25H30FN3O4. The molecular weight excluding hydrogens is 425 g/mol. The Morgan fingerprint density at radius 1 is 0.939 bits per heavy atom. The molecule has 2 atom stereocenters. The zero-order chi connectivity index (χ0) is 23.8. The lowest BCUT2D eigenvalue weighted by molar-refractivity contribution is -0.139. The minimum atomic E-state index is -0.594. The monoisotopic (exact) mass is 455 g/mol. The standard InChI is InChI=1S/C25H30FN3O4/c1-17-6-5-7-18(2)29(17)23(30)16-33-20-12-10-19(11-13-20)24(31)27-14-15-28-25(32)21-8-3-4-9-22(21)26/h3-4,8-13,17-18H,5-7,14-16H2,1-2H3,(H,27,31)(H,28,32). The maximum atomic E-state index is 13.6. The van der Waals surface area contributed by atoms with Crippen LogP contribution in [0.25, 0.3) is 0 Å². The van der Waals surface area contributed by atoms with Gasteiger partial charge >= 0.3 is 0 Å². The number of benzene rings is 2. The molecule has 1 fully saturated rings. The van der Waals surface area contributed by atoms with Crippen molar-refractivity contribution in [3.05, 3.63) is 65.5 Å². The summed E-state index contributed by atoms with van der Waals surface area (Å²) >= 11 is 0. The third-order valence-corrected chi connectivity index (χ3v) is 5.77. The van der Waals surface area contributed by atoms with Crippen LogP contribution in [0, 0.1) is 5.82 Å². The smallest absolute Gasteiger partial charge is 0.260 e.